The van der Waals surface area contributed by atoms with E-state index < -0.39 is 0 Å². The number of ether oxygens (including phenoxy) is 1. The Morgan fingerprint density at radius 3 is 2.96 bits per heavy atom. The molecule has 1 aromatic carbocycles. The molecule has 2 atom stereocenters. The number of carbonyl (C=O) groups excluding carboxylic acids is 2. The monoisotopic (exact) mass is 333 g/mol. The first kappa shape index (κ1) is 18.3. The fourth-order valence-corrected chi connectivity index (χ4v) is 3.06. The zero-order valence-electron chi connectivity index (χ0n) is 14.5. The van der Waals surface area contributed by atoms with Gasteiger partial charge < -0.3 is 20.7 Å². The van der Waals surface area contributed by atoms with E-state index in [1.807, 2.05) is 31.2 Å². The summed E-state index contributed by atoms with van der Waals surface area (Å²) >= 11 is 0. The molecule has 1 heterocycles. The van der Waals surface area contributed by atoms with E-state index in [9.17, 15) is 9.59 Å². The van der Waals surface area contributed by atoms with Crippen LogP contribution in [0.3, 0.4) is 0 Å². The van der Waals surface area contributed by atoms with Crippen LogP contribution in [0.25, 0.3) is 0 Å². The van der Waals surface area contributed by atoms with Crippen molar-refractivity contribution in [2.24, 2.45) is 11.7 Å². The minimum Gasteiger partial charge on any atom is -0.497 e. The van der Waals surface area contributed by atoms with Gasteiger partial charge in [-0.15, -0.1) is 0 Å². The Hall–Kier alpha value is -2.08. The van der Waals surface area contributed by atoms with Crippen molar-refractivity contribution in [3.8, 4) is 5.75 Å². The predicted octanol–water partition coefficient (Wildman–Crippen LogP) is 1.11. The zero-order valence-corrected chi connectivity index (χ0v) is 14.5. The quantitative estimate of drug-likeness (QED) is 0.817. The summed E-state index contributed by atoms with van der Waals surface area (Å²) in [6, 6.07) is 7.56. The number of methoxy groups -OCH3 is 1. The summed E-state index contributed by atoms with van der Waals surface area (Å²) in [5, 5.41) is 2.82. The van der Waals surface area contributed by atoms with Crippen molar-refractivity contribution in [1.82, 2.24) is 10.2 Å². The molecular formula is C18H27N3O3. The van der Waals surface area contributed by atoms with Crippen LogP contribution >= 0.6 is 0 Å². The molecule has 24 heavy (non-hydrogen) atoms. The summed E-state index contributed by atoms with van der Waals surface area (Å²) in [5.74, 6) is 0.383. The number of piperidine rings is 1. The number of likely N-dealkylation sites (tertiary alicyclic amines) is 1. The number of rotatable bonds is 6. The Morgan fingerprint density at radius 2 is 2.25 bits per heavy atom. The van der Waals surface area contributed by atoms with Gasteiger partial charge in [-0.3, -0.25) is 9.59 Å². The third-order valence-corrected chi connectivity index (χ3v) is 4.51. The third-order valence-electron chi connectivity index (χ3n) is 4.51. The van der Waals surface area contributed by atoms with Crippen LogP contribution in [0.15, 0.2) is 24.3 Å². The van der Waals surface area contributed by atoms with E-state index >= 15 is 0 Å². The lowest BCUT2D eigenvalue weighted by Gasteiger charge is -2.33. The topological polar surface area (TPSA) is 84.7 Å². The van der Waals surface area contributed by atoms with Gasteiger partial charge in [0.2, 0.25) is 11.8 Å². The molecule has 1 saturated heterocycles. The van der Waals surface area contributed by atoms with Crippen LogP contribution < -0.4 is 15.8 Å². The molecular weight excluding hydrogens is 306 g/mol. The van der Waals surface area contributed by atoms with E-state index in [1.54, 1.807) is 12.0 Å². The summed E-state index contributed by atoms with van der Waals surface area (Å²) < 4.78 is 5.23. The van der Waals surface area contributed by atoms with E-state index in [-0.39, 0.29) is 23.7 Å². The highest BCUT2D eigenvalue weighted by atomic mass is 16.5. The van der Waals surface area contributed by atoms with Gasteiger partial charge in [0.15, 0.2) is 0 Å². The van der Waals surface area contributed by atoms with Crippen molar-refractivity contribution in [1.29, 1.82) is 0 Å². The lowest BCUT2D eigenvalue weighted by molar-refractivity contribution is -0.136. The number of nitrogens with one attached hydrogen (secondary N) is 1. The Bertz CT molecular complexity index is 576. The Labute approximate surface area is 143 Å². The molecule has 0 aromatic heterocycles. The normalized spacial score (nSPS) is 18.8. The Balaban J connectivity index is 2.01. The van der Waals surface area contributed by atoms with Gasteiger partial charge in [0.25, 0.3) is 0 Å². The molecule has 0 radical (unpaired) electrons. The fourth-order valence-electron chi connectivity index (χ4n) is 3.06. The van der Waals surface area contributed by atoms with Crippen molar-refractivity contribution in [2.75, 3.05) is 33.3 Å². The molecule has 1 aliphatic heterocycles. The smallest absolute Gasteiger partial charge is 0.229 e. The van der Waals surface area contributed by atoms with Gasteiger partial charge >= 0.3 is 0 Å². The summed E-state index contributed by atoms with van der Waals surface area (Å²) in [7, 11) is 1.61. The van der Waals surface area contributed by atoms with Gasteiger partial charge in [-0.2, -0.15) is 0 Å². The number of hydrogen-bond donors (Lipinski definition) is 2. The van der Waals surface area contributed by atoms with E-state index in [1.165, 1.54) is 0 Å². The summed E-state index contributed by atoms with van der Waals surface area (Å²) in [6.07, 6.45) is 1.66. The molecule has 2 rings (SSSR count). The predicted molar refractivity (Wildman–Crippen MR) is 92.8 cm³/mol. The molecule has 6 nitrogen and oxygen atoms in total. The zero-order chi connectivity index (χ0) is 17.5. The summed E-state index contributed by atoms with van der Waals surface area (Å²) in [6.45, 7) is 3.98. The number of hydrogen-bond acceptors (Lipinski definition) is 4. The number of carbonyl (C=O) groups is 2. The minimum atomic E-state index is -0.258. The van der Waals surface area contributed by atoms with Gasteiger partial charge in [0.1, 0.15) is 5.75 Å². The Morgan fingerprint density at radius 1 is 1.46 bits per heavy atom. The molecule has 0 bridgehead atoms. The first-order valence-electron chi connectivity index (χ1n) is 8.47. The maximum atomic E-state index is 12.8. The van der Waals surface area contributed by atoms with Gasteiger partial charge in [0.05, 0.1) is 18.9 Å². The van der Waals surface area contributed by atoms with E-state index in [4.69, 9.17) is 10.5 Å². The highest BCUT2D eigenvalue weighted by Gasteiger charge is 2.30. The molecule has 0 aliphatic carbocycles. The van der Waals surface area contributed by atoms with Crippen molar-refractivity contribution in [2.45, 2.75) is 25.7 Å². The molecule has 2 unspecified atom stereocenters. The van der Waals surface area contributed by atoms with Crippen LogP contribution in [-0.4, -0.2) is 50.0 Å². The highest BCUT2D eigenvalue weighted by molar-refractivity contribution is 5.85. The van der Waals surface area contributed by atoms with Crippen molar-refractivity contribution in [3.63, 3.8) is 0 Å². The van der Waals surface area contributed by atoms with Crippen molar-refractivity contribution < 1.29 is 14.3 Å². The van der Waals surface area contributed by atoms with Crippen LogP contribution in [-0.2, 0) is 9.59 Å². The van der Waals surface area contributed by atoms with Gasteiger partial charge in [0, 0.05) is 26.2 Å². The standard InChI is InChI=1S/C18H27N3O3/c1-13(14-5-3-7-16(11-14)24-2)18(23)21-10-4-6-15(12-21)17(22)20-9-8-19/h3,5,7,11,13,15H,4,6,8-10,12,19H2,1-2H3,(H,20,22). The van der Waals surface area contributed by atoms with Crippen molar-refractivity contribution in [3.05, 3.63) is 29.8 Å². The van der Waals surface area contributed by atoms with Gasteiger partial charge in [-0.1, -0.05) is 12.1 Å². The molecule has 1 aromatic rings. The van der Waals surface area contributed by atoms with E-state index in [0.717, 1.165) is 24.2 Å². The number of amides is 2. The molecule has 0 spiro atoms. The molecule has 1 fully saturated rings. The number of nitrogens with two attached hydrogens (primary N) is 1. The van der Waals surface area contributed by atoms with Gasteiger partial charge in [-0.05, 0) is 37.5 Å². The minimum absolute atomic E-state index is 0.00742. The highest BCUT2D eigenvalue weighted by Crippen LogP contribution is 2.25. The second kappa shape index (κ2) is 8.68. The first-order chi connectivity index (χ1) is 11.6. The maximum absolute atomic E-state index is 12.8. The first-order valence-corrected chi connectivity index (χ1v) is 8.47. The van der Waals surface area contributed by atoms with Crippen LogP contribution in [0.2, 0.25) is 0 Å². The van der Waals surface area contributed by atoms with E-state index in [2.05, 4.69) is 5.32 Å². The average Bonchev–Trinajstić information content (AvgIpc) is 2.65. The van der Waals surface area contributed by atoms with Crippen LogP contribution in [0.4, 0.5) is 0 Å². The van der Waals surface area contributed by atoms with Gasteiger partial charge in [-0.25, -0.2) is 0 Å². The second-order valence-electron chi connectivity index (χ2n) is 6.20. The molecule has 2 amide bonds. The lowest BCUT2D eigenvalue weighted by Crippen LogP contribution is -2.47. The molecule has 132 valence electrons. The molecule has 0 saturated carbocycles. The summed E-state index contributed by atoms with van der Waals surface area (Å²) in [5.41, 5.74) is 6.35. The van der Waals surface area contributed by atoms with Crippen LogP contribution in [0.5, 0.6) is 5.75 Å². The lowest BCUT2D eigenvalue weighted by atomic mass is 9.94. The number of benzene rings is 1. The van der Waals surface area contributed by atoms with E-state index in [0.29, 0.717) is 26.2 Å². The molecule has 1 aliphatic rings. The largest absolute Gasteiger partial charge is 0.497 e. The second-order valence-corrected chi connectivity index (χ2v) is 6.20. The average molecular weight is 333 g/mol. The fraction of sp³-hybridized carbons (Fsp3) is 0.556. The molecule has 6 heteroatoms. The maximum Gasteiger partial charge on any atom is 0.229 e. The van der Waals surface area contributed by atoms with Crippen molar-refractivity contribution >= 4 is 11.8 Å². The Kier molecular flexibility index (Phi) is 6.61. The van der Waals surface area contributed by atoms with Crippen LogP contribution in [0.1, 0.15) is 31.2 Å². The third kappa shape index (κ3) is 4.47. The SMILES string of the molecule is COc1cccc(C(C)C(=O)N2CCCC(C(=O)NCCN)C2)c1. The van der Waals surface area contributed by atoms with Crippen LogP contribution in [0, 0.1) is 5.92 Å². The molecule has 3 N–H and O–H groups in total. The number of nitrogens with zero attached hydrogens (tertiary/aromatic N) is 1. The summed E-state index contributed by atoms with van der Waals surface area (Å²) in [4.78, 5) is 26.7.